The second-order valence-electron chi connectivity index (χ2n) is 2.39. The maximum absolute atomic E-state index is 3.24. The molecule has 0 aromatic carbocycles. The van der Waals surface area contributed by atoms with Gasteiger partial charge in [-0.25, -0.2) is 0 Å². The summed E-state index contributed by atoms with van der Waals surface area (Å²) >= 11 is 0. The molecule has 0 aliphatic heterocycles. The molecule has 0 spiro atoms. The van der Waals surface area contributed by atoms with Crippen molar-refractivity contribution in [2.45, 2.75) is 25.7 Å². The minimum Gasteiger partial charge on any atom is -0.0845 e. The van der Waals surface area contributed by atoms with Crippen LogP contribution in [-0.2, 0) is 0 Å². The van der Waals surface area contributed by atoms with Gasteiger partial charge < -0.3 is 0 Å². The lowest BCUT2D eigenvalue weighted by Crippen LogP contribution is -1.71. The van der Waals surface area contributed by atoms with Crippen LogP contribution in [0.2, 0.25) is 0 Å². The summed E-state index contributed by atoms with van der Waals surface area (Å²) in [6, 6.07) is 0. The van der Waals surface area contributed by atoms with E-state index in [0.717, 1.165) is 12.8 Å². The van der Waals surface area contributed by atoms with Gasteiger partial charge in [-0.3, -0.25) is 0 Å². The molecule has 0 heteroatoms. The summed E-state index contributed by atoms with van der Waals surface area (Å²) in [5, 5.41) is 0. The Morgan fingerprint density at radius 1 is 1.10 bits per heavy atom. The summed E-state index contributed by atoms with van der Waals surface area (Å²) < 4.78 is 0. The van der Waals surface area contributed by atoms with Gasteiger partial charge in [0.1, 0.15) is 0 Å². The monoisotopic (exact) mass is 133 g/mol. The molecule has 0 aromatic heterocycles. The topological polar surface area (TPSA) is 0 Å². The van der Waals surface area contributed by atoms with E-state index in [9.17, 15) is 0 Å². The van der Waals surface area contributed by atoms with Crippen molar-refractivity contribution in [3.05, 3.63) is 36.5 Å². The molecule has 0 nitrogen and oxygen atoms in total. The van der Waals surface area contributed by atoms with Gasteiger partial charge in [0.25, 0.3) is 0 Å². The van der Waals surface area contributed by atoms with Crippen LogP contribution in [0.3, 0.4) is 0 Å². The third kappa shape index (κ3) is 3.29. The van der Waals surface area contributed by atoms with Crippen molar-refractivity contribution in [2.24, 2.45) is 0 Å². The smallest absolute Gasteiger partial charge is 0.0160 e. The highest BCUT2D eigenvalue weighted by molar-refractivity contribution is 5.04. The van der Waals surface area contributed by atoms with E-state index in [1.807, 2.05) is 0 Å². The zero-order valence-corrected chi connectivity index (χ0v) is 6.22. The number of hydrogen-bond acceptors (Lipinski definition) is 0. The predicted octanol–water partition coefficient (Wildman–Crippen LogP) is 3.03. The van der Waals surface area contributed by atoms with Gasteiger partial charge in [0.2, 0.25) is 0 Å². The van der Waals surface area contributed by atoms with Crippen LogP contribution >= 0.6 is 0 Å². The Labute approximate surface area is 62.9 Å². The van der Waals surface area contributed by atoms with E-state index in [4.69, 9.17) is 0 Å². The van der Waals surface area contributed by atoms with Crippen LogP contribution in [-0.4, -0.2) is 0 Å². The molecule has 0 aromatic rings. The number of hydrogen-bond donors (Lipinski definition) is 0. The first-order valence-electron chi connectivity index (χ1n) is 3.87. The Morgan fingerprint density at radius 2 is 2.00 bits per heavy atom. The zero-order valence-electron chi connectivity index (χ0n) is 6.22. The van der Waals surface area contributed by atoms with Crippen LogP contribution < -0.4 is 0 Å². The summed E-state index contributed by atoms with van der Waals surface area (Å²) in [6.45, 7) is 0. The first-order chi connectivity index (χ1) is 5.00. The standard InChI is InChI=1S/C10H13/c1-2-4-6-8-10-9-7-5-3-1/h1-4,7H,5-6,8,10H2. The molecule has 0 bridgehead atoms. The summed E-state index contributed by atoms with van der Waals surface area (Å²) in [6.07, 6.45) is 18.5. The summed E-state index contributed by atoms with van der Waals surface area (Å²) in [4.78, 5) is 0. The van der Waals surface area contributed by atoms with Crippen molar-refractivity contribution in [1.29, 1.82) is 0 Å². The molecular weight excluding hydrogens is 120 g/mol. The Hall–Kier alpha value is -0.780. The van der Waals surface area contributed by atoms with E-state index in [1.54, 1.807) is 0 Å². The van der Waals surface area contributed by atoms with Gasteiger partial charge in [0, 0.05) is 0 Å². The maximum Gasteiger partial charge on any atom is -0.0160 e. The van der Waals surface area contributed by atoms with Crippen molar-refractivity contribution < 1.29 is 0 Å². The Bertz CT molecular complexity index is 149. The van der Waals surface area contributed by atoms with Crippen molar-refractivity contribution in [2.75, 3.05) is 0 Å². The van der Waals surface area contributed by atoms with Crippen LogP contribution in [0.1, 0.15) is 25.7 Å². The average Bonchev–Trinajstić information content (AvgIpc) is 2.01. The molecule has 0 amide bonds. The van der Waals surface area contributed by atoms with Crippen molar-refractivity contribution in [1.82, 2.24) is 0 Å². The van der Waals surface area contributed by atoms with E-state index >= 15 is 0 Å². The van der Waals surface area contributed by atoms with Crippen LogP contribution in [0.4, 0.5) is 0 Å². The first-order valence-corrected chi connectivity index (χ1v) is 3.87. The van der Waals surface area contributed by atoms with Gasteiger partial charge in [-0.1, -0.05) is 30.4 Å². The Kier molecular flexibility index (Phi) is 3.69. The highest BCUT2D eigenvalue weighted by Crippen LogP contribution is 2.00. The largest absolute Gasteiger partial charge is 0.0845 e. The van der Waals surface area contributed by atoms with E-state index in [2.05, 4.69) is 36.5 Å². The summed E-state index contributed by atoms with van der Waals surface area (Å²) in [5.41, 5.74) is 0. The van der Waals surface area contributed by atoms with Gasteiger partial charge in [0.15, 0.2) is 0 Å². The maximum atomic E-state index is 3.24. The van der Waals surface area contributed by atoms with Crippen LogP contribution in [0.15, 0.2) is 30.4 Å². The second kappa shape index (κ2) is 5.04. The minimum atomic E-state index is 1.03. The third-order valence-electron chi connectivity index (χ3n) is 1.47. The fraction of sp³-hybridized carbons (Fsp3) is 0.400. The fourth-order valence-corrected chi connectivity index (χ4v) is 0.907. The molecule has 0 fully saturated rings. The van der Waals surface area contributed by atoms with E-state index in [0.29, 0.717) is 0 Å². The van der Waals surface area contributed by atoms with E-state index < -0.39 is 0 Å². The highest BCUT2D eigenvalue weighted by Gasteiger charge is 1.81. The Balaban J connectivity index is 2.38. The third-order valence-corrected chi connectivity index (χ3v) is 1.47. The number of rotatable bonds is 0. The van der Waals surface area contributed by atoms with Gasteiger partial charge in [-0.2, -0.15) is 0 Å². The van der Waals surface area contributed by atoms with E-state index in [-0.39, 0.29) is 0 Å². The fourth-order valence-electron chi connectivity index (χ4n) is 0.907. The lowest BCUT2D eigenvalue weighted by Gasteiger charge is -1.90. The first kappa shape index (κ1) is 7.33. The highest BCUT2D eigenvalue weighted by atomic mass is 13.9. The molecule has 1 rings (SSSR count). The molecule has 0 saturated carbocycles. The van der Waals surface area contributed by atoms with Gasteiger partial charge >= 0.3 is 0 Å². The minimum absolute atomic E-state index is 1.03. The lowest BCUT2D eigenvalue weighted by atomic mass is 10.2. The lowest BCUT2D eigenvalue weighted by molar-refractivity contribution is 0.851. The molecule has 0 atom stereocenters. The van der Waals surface area contributed by atoms with Gasteiger partial charge in [0.05, 0.1) is 0 Å². The summed E-state index contributed by atoms with van der Waals surface area (Å²) in [5.74, 6) is 0. The van der Waals surface area contributed by atoms with Crippen molar-refractivity contribution >= 4 is 0 Å². The van der Waals surface area contributed by atoms with Crippen LogP contribution in [0, 0.1) is 6.08 Å². The summed E-state index contributed by atoms with van der Waals surface area (Å²) in [7, 11) is 0. The van der Waals surface area contributed by atoms with Gasteiger partial charge in [-0.15, -0.1) is 0 Å². The molecule has 1 radical (unpaired) electrons. The quantitative estimate of drug-likeness (QED) is 0.476. The molecule has 1 aliphatic carbocycles. The molecule has 0 N–H and O–H groups in total. The van der Waals surface area contributed by atoms with Crippen LogP contribution in [0.25, 0.3) is 0 Å². The number of allylic oxidation sites excluding steroid dienone is 6. The molecular formula is C10H13. The predicted molar refractivity (Wildman–Crippen MR) is 44.6 cm³/mol. The SMILES string of the molecule is [C]1=CCC=CC=CCCC1. The zero-order chi connectivity index (χ0) is 7.07. The average molecular weight is 133 g/mol. The molecule has 10 heavy (non-hydrogen) atoms. The van der Waals surface area contributed by atoms with E-state index in [1.165, 1.54) is 12.8 Å². The van der Waals surface area contributed by atoms with Crippen molar-refractivity contribution in [3.8, 4) is 0 Å². The molecule has 0 unspecified atom stereocenters. The molecule has 1 aliphatic rings. The normalized spacial score (nSPS) is 19.2. The second-order valence-corrected chi connectivity index (χ2v) is 2.39. The molecule has 53 valence electrons. The van der Waals surface area contributed by atoms with Gasteiger partial charge in [-0.05, 0) is 31.8 Å². The Morgan fingerprint density at radius 3 is 3.00 bits per heavy atom. The molecule has 0 saturated heterocycles. The van der Waals surface area contributed by atoms with Crippen molar-refractivity contribution in [3.63, 3.8) is 0 Å². The van der Waals surface area contributed by atoms with Crippen LogP contribution in [0.5, 0.6) is 0 Å². The molecule has 0 heterocycles.